The van der Waals surface area contributed by atoms with Crippen LogP contribution in [0, 0.1) is 5.92 Å². The summed E-state index contributed by atoms with van der Waals surface area (Å²) in [6.45, 7) is 6.12. The van der Waals surface area contributed by atoms with Crippen molar-refractivity contribution in [2.45, 2.75) is 33.2 Å². The maximum atomic E-state index is 11.5. The largest absolute Gasteiger partial charge is 0.449 e. The predicted molar refractivity (Wildman–Crippen MR) is 61.4 cm³/mol. The second kappa shape index (κ2) is 6.92. The van der Waals surface area contributed by atoms with E-state index in [1.165, 1.54) is 4.90 Å². The summed E-state index contributed by atoms with van der Waals surface area (Å²) in [7, 11) is 1.62. The number of hydrogen-bond donors (Lipinski definition) is 2. The molecule has 0 radical (unpaired) electrons. The zero-order valence-electron chi connectivity index (χ0n) is 10.3. The Hall–Kier alpha value is -1.46. The van der Waals surface area contributed by atoms with Crippen LogP contribution in [-0.2, 0) is 4.74 Å². The summed E-state index contributed by atoms with van der Waals surface area (Å²) in [5.74, 6) is 0.396. The number of nitrogens with two attached hydrogens (primary N) is 1. The van der Waals surface area contributed by atoms with Crippen LogP contribution in [0.2, 0.25) is 0 Å². The topological polar surface area (TPSA) is 88.2 Å². The molecular formula is C10H21N3O3. The Morgan fingerprint density at radius 1 is 1.50 bits per heavy atom. The number of carbonyl (C=O) groups excluding carboxylic acids is 1. The molecular weight excluding hydrogens is 210 g/mol. The zero-order chi connectivity index (χ0) is 12.7. The van der Waals surface area contributed by atoms with Crippen LogP contribution in [0.4, 0.5) is 4.79 Å². The van der Waals surface area contributed by atoms with E-state index in [1.807, 2.05) is 13.8 Å². The van der Waals surface area contributed by atoms with Gasteiger partial charge in [0.15, 0.2) is 0 Å². The van der Waals surface area contributed by atoms with Gasteiger partial charge in [0.1, 0.15) is 5.84 Å². The Morgan fingerprint density at radius 2 is 2.06 bits per heavy atom. The predicted octanol–water partition coefficient (Wildman–Crippen LogP) is 1.24. The molecule has 6 nitrogen and oxygen atoms in total. The highest BCUT2D eigenvalue weighted by atomic mass is 16.6. The number of nitrogens with zero attached hydrogens (tertiary/aromatic N) is 2. The van der Waals surface area contributed by atoms with Gasteiger partial charge >= 0.3 is 6.09 Å². The molecule has 1 amide bonds. The molecule has 0 aliphatic carbocycles. The van der Waals surface area contributed by atoms with Gasteiger partial charge in [-0.3, -0.25) is 0 Å². The monoisotopic (exact) mass is 231 g/mol. The van der Waals surface area contributed by atoms with Crippen molar-refractivity contribution in [3.8, 4) is 0 Å². The van der Waals surface area contributed by atoms with Gasteiger partial charge in [-0.15, -0.1) is 0 Å². The second-order valence-corrected chi connectivity index (χ2v) is 4.23. The Kier molecular flexibility index (Phi) is 6.29. The van der Waals surface area contributed by atoms with E-state index in [0.29, 0.717) is 18.9 Å². The third-order valence-corrected chi connectivity index (χ3v) is 2.12. The molecule has 0 spiro atoms. The average Bonchev–Trinajstić information content (AvgIpc) is 2.24. The third kappa shape index (κ3) is 5.43. The summed E-state index contributed by atoms with van der Waals surface area (Å²) in [5, 5.41) is 11.3. The van der Waals surface area contributed by atoms with E-state index in [4.69, 9.17) is 15.7 Å². The minimum absolute atomic E-state index is 0.0935. The van der Waals surface area contributed by atoms with Gasteiger partial charge in [0.2, 0.25) is 0 Å². The normalized spacial score (nSPS) is 13.7. The molecule has 0 aromatic carbocycles. The van der Waals surface area contributed by atoms with Crippen LogP contribution in [0.15, 0.2) is 5.16 Å². The first-order chi connectivity index (χ1) is 7.38. The van der Waals surface area contributed by atoms with Crippen LogP contribution in [0.5, 0.6) is 0 Å². The molecule has 0 saturated carbocycles. The van der Waals surface area contributed by atoms with Gasteiger partial charge < -0.3 is 20.6 Å². The quantitative estimate of drug-likeness (QED) is 0.322. The van der Waals surface area contributed by atoms with Crippen LogP contribution in [0.25, 0.3) is 0 Å². The van der Waals surface area contributed by atoms with Gasteiger partial charge in [-0.1, -0.05) is 19.0 Å². The minimum Gasteiger partial charge on any atom is -0.449 e. The number of ether oxygens (including phenoxy) is 1. The van der Waals surface area contributed by atoms with Crippen molar-refractivity contribution in [2.24, 2.45) is 16.8 Å². The molecule has 0 aliphatic rings. The van der Waals surface area contributed by atoms with Gasteiger partial charge in [-0.2, -0.15) is 0 Å². The standard InChI is InChI=1S/C10H21N3O3/c1-7(2)6-16-10(14)13(4)8(3)5-9(11)12-15/h7-8,15H,5-6H2,1-4H3,(H2,11,12). The van der Waals surface area contributed by atoms with Gasteiger partial charge in [0, 0.05) is 19.5 Å². The summed E-state index contributed by atoms with van der Waals surface area (Å²) in [6.07, 6.45) is -0.0870. The lowest BCUT2D eigenvalue weighted by Gasteiger charge is -2.24. The summed E-state index contributed by atoms with van der Waals surface area (Å²) in [4.78, 5) is 13.0. The van der Waals surface area contributed by atoms with Crippen LogP contribution >= 0.6 is 0 Å². The number of hydrogen-bond acceptors (Lipinski definition) is 4. The Bertz CT molecular complexity index is 254. The zero-order valence-corrected chi connectivity index (χ0v) is 10.3. The average molecular weight is 231 g/mol. The van der Waals surface area contributed by atoms with E-state index in [-0.39, 0.29) is 11.9 Å². The number of amidine groups is 1. The number of amides is 1. The van der Waals surface area contributed by atoms with Gasteiger partial charge in [-0.25, -0.2) is 4.79 Å². The fourth-order valence-electron chi connectivity index (χ4n) is 1.00. The van der Waals surface area contributed by atoms with E-state index in [1.54, 1.807) is 14.0 Å². The molecule has 0 rings (SSSR count). The molecule has 0 aromatic rings. The van der Waals surface area contributed by atoms with Crippen molar-refractivity contribution in [3.63, 3.8) is 0 Å². The van der Waals surface area contributed by atoms with Crippen molar-refractivity contribution in [3.05, 3.63) is 0 Å². The fraction of sp³-hybridized carbons (Fsp3) is 0.800. The van der Waals surface area contributed by atoms with Crippen molar-refractivity contribution in [2.75, 3.05) is 13.7 Å². The molecule has 0 saturated heterocycles. The molecule has 94 valence electrons. The summed E-state index contributed by atoms with van der Waals surface area (Å²) in [5.41, 5.74) is 5.36. The van der Waals surface area contributed by atoms with E-state index in [2.05, 4.69) is 5.16 Å². The SMILES string of the molecule is CC(C)COC(=O)N(C)C(C)CC(N)=NO. The van der Waals surface area contributed by atoms with E-state index < -0.39 is 6.09 Å². The number of rotatable bonds is 5. The van der Waals surface area contributed by atoms with Gasteiger partial charge in [-0.05, 0) is 12.8 Å². The van der Waals surface area contributed by atoms with E-state index in [0.717, 1.165) is 0 Å². The van der Waals surface area contributed by atoms with Gasteiger partial charge in [0.25, 0.3) is 0 Å². The molecule has 6 heteroatoms. The van der Waals surface area contributed by atoms with Crippen molar-refractivity contribution >= 4 is 11.9 Å². The molecule has 0 bridgehead atoms. The van der Waals surface area contributed by atoms with Crippen LogP contribution < -0.4 is 5.73 Å². The molecule has 0 aliphatic heterocycles. The molecule has 16 heavy (non-hydrogen) atoms. The summed E-state index contributed by atoms with van der Waals surface area (Å²) < 4.78 is 5.05. The maximum Gasteiger partial charge on any atom is 0.409 e. The first kappa shape index (κ1) is 14.5. The second-order valence-electron chi connectivity index (χ2n) is 4.23. The molecule has 1 atom stereocenters. The highest BCUT2D eigenvalue weighted by molar-refractivity contribution is 5.80. The minimum atomic E-state index is -0.396. The van der Waals surface area contributed by atoms with E-state index in [9.17, 15) is 4.79 Å². The lowest BCUT2D eigenvalue weighted by atomic mass is 10.2. The van der Waals surface area contributed by atoms with Crippen LogP contribution in [-0.4, -0.2) is 41.7 Å². The van der Waals surface area contributed by atoms with Crippen molar-refractivity contribution in [1.29, 1.82) is 0 Å². The Balaban J connectivity index is 4.11. The molecule has 0 heterocycles. The molecule has 3 N–H and O–H groups in total. The number of carbonyl (C=O) groups is 1. The van der Waals surface area contributed by atoms with Crippen molar-refractivity contribution < 1.29 is 14.7 Å². The van der Waals surface area contributed by atoms with E-state index >= 15 is 0 Å². The molecule has 1 unspecified atom stereocenters. The van der Waals surface area contributed by atoms with Crippen LogP contribution in [0.1, 0.15) is 27.2 Å². The molecule has 0 aromatic heterocycles. The van der Waals surface area contributed by atoms with Crippen molar-refractivity contribution in [1.82, 2.24) is 4.90 Å². The highest BCUT2D eigenvalue weighted by Crippen LogP contribution is 2.04. The van der Waals surface area contributed by atoms with Crippen LogP contribution in [0.3, 0.4) is 0 Å². The Morgan fingerprint density at radius 3 is 2.50 bits per heavy atom. The highest BCUT2D eigenvalue weighted by Gasteiger charge is 2.18. The number of oxime groups is 1. The third-order valence-electron chi connectivity index (χ3n) is 2.12. The smallest absolute Gasteiger partial charge is 0.409 e. The summed E-state index contributed by atoms with van der Waals surface area (Å²) >= 11 is 0. The first-order valence-electron chi connectivity index (χ1n) is 5.24. The fourth-order valence-corrected chi connectivity index (χ4v) is 1.00. The lowest BCUT2D eigenvalue weighted by molar-refractivity contribution is 0.0902. The maximum absolute atomic E-state index is 11.5. The molecule has 0 fully saturated rings. The van der Waals surface area contributed by atoms with Gasteiger partial charge in [0.05, 0.1) is 6.61 Å². The Labute approximate surface area is 96.0 Å². The summed E-state index contributed by atoms with van der Waals surface area (Å²) in [6, 6.07) is -0.171. The first-order valence-corrected chi connectivity index (χ1v) is 5.24. The lowest BCUT2D eigenvalue weighted by Crippen LogP contribution is -2.38.